The molecule has 0 unspecified atom stereocenters. The molecular formula is C18H19ClN2O2. The van der Waals surface area contributed by atoms with Crippen molar-refractivity contribution in [2.45, 2.75) is 20.4 Å². The molecule has 0 fully saturated rings. The predicted molar refractivity (Wildman–Crippen MR) is 92.6 cm³/mol. The number of hydrogen-bond acceptors (Lipinski definition) is 2. The topological polar surface area (TPSA) is 49.4 Å². The number of anilines is 1. The second kappa shape index (κ2) is 7.79. The monoisotopic (exact) mass is 330 g/mol. The van der Waals surface area contributed by atoms with Crippen LogP contribution >= 0.6 is 11.6 Å². The maximum atomic E-state index is 12.8. The maximum Gasteiger partial charge on any atom is 0.255 e. The Morgan fingerprint density at radius 1 is 1.13 bits per heavy atom. The average Bonchev–Trinajstić information content (AvgIpc) is 2.54. The summed E-state index contributed by atoms with van der Waals surface area (Å²) in [6.07, 6.45) is 0. The zero-order valence-corrected chi connectivity index (χ0v) is 13.9. The molecule has 0 spiro atoms. The highest BCUT2D eigenvalue weighted by atomic mass is 35.5. The molecule has 0 saturated heterocycles. The van der Waals surface area contributed by atoms with Crippen LogP contribution in [0.3, 0.4) is 0 Å². The Hall–Kier alpha value is -2.33. The molecule has 0 heterocycles. The normalized spacial score (nSPS) is 10.2. The highest BCUT2D eigenvalue weighted by Gasteiger charge is 2.18. The number of benzene rings is 2. The number of nitrogens with zero attached hydrogens (tertiary/aromatic N) is 1. The van der Waals surface area contributed by atoms with Crippen LogP contribution in [-0.4, -0.2) is 23.3 Å². The van der Waals surface area contributed by atoms with Crippen LogP contribution < -0.4 is 5.32 Å². The molecule has 0 aliphatic carbocycles. The first-order valence-electron chi connectivity index (χ1n) is 7.41. The Morgan fingerprint density at radius 3 is 2.43 bits per heavy atom. The SMILES string of the molecule is CCN(Cc1ccccc1)C(=O)c1cc(NC(C)=O)ccc1Cl. The van der Waals surface area contributed by atoms with Gasteiger partial charge in [0.2, 0.25) is 5.91 Å². The van der Waals surface area contributed by atoms with Gasteiger partial charge in [0.15, 0.2) is 0 Å². The molecule has 2 aromatic rings. The van der Waals surface area contributed by atoms with E-state index in [2.05, 4.69) is 5.32 Å². The largest absolute Gasteiger partial charge is 0.335 e. The van der Waals surface area contributed by atoms with Gasteiger partial charge in [0.05, 0.1) is 10.6 Å². The minimum Gasteiger partial charge on any atom is -0.335 e. The fourth-order valence-corrected chi connectivity index (χ4v) is 2.47. The van der Waals surface area contributed by atoms with Crippen LogP contribution in [0.2, 0.25) is 5.02 Å². The molecule has 0 aliphatic heterocycles. The molecule has 5 heteroatoms. The Balaban J connectivity index is 2.24. The Bertz CT molecular complexity index is 701. The Kier molecular flexibility index (Phi) is 5.77. The van der Waals surface area contributed by atoms with Crippen LogP contribution in [0.25, 0.3) is 0 Å². The van der Waals surface area contributed by atoms with Crippen LogP contribution in [0.15, 0.2) is 48.5 Å². The molecule has 2 amide bonds. The minimum atomic E-state index is -0.192. The first kappa shape index (κ1) is 17.0. The molecule has 2 rings (SSSR count). The van der Waals surface area contributed by atoms with Gasteiger partial charge < -0.3 is 10.2 Å². The van der Waals surface area contributed by atoms with E-state index >= 15 is 0 Å². The van der Waals surface area contributed by atoms with Crippen molar-refractivity contribution in [1.29, 1.82) is 0 Å². The standard InChI is InChI=1S/C18H19ClN2O2/c1-3-21(12-14-7-5-4-6-8-14)18(23)16-11-15(20-13(2)22)9-10-17(16)19/h4-11H,3,12H2,1-2H3,(H,20,22). The van der Waals surface area contributed by atoms with Crippen LogP contribution in [0.5, 0.6) is 0 Å². The molecule has 0 bridgehead atoms. The summed E-state index contributed by atoms with van der Waals surface area (Å²) in [5, 5.41) is 3.04. The van der Waals surface area contributed by atoms with Gasteiger partial charge in [-0.2, -0.15) is 0 Å². The number of carbonyl (C=O) groups is 2. The van der Waals surface area contributed by atoms with E-state index in [1.54, 1.807) is 23.1 Å². The lowest BCUT2D eigenvalue weighted by molar-refractivity contribution is -0.114. The quantitative estimate of drug-likeness (QED) is 0.902. The smallest absolute Gasteiger partial charge is 0.255 e. The van der Waals surface area contributed by atoms with Gasteiger partial charge >= 0.3 is 0 Å². The molecular weight excluding hydrogens is 312 g/mol. The molecule has 2 aromatic carbocycles. The van der Waals surface area contributed by atoms with E-state index in [4.69, 9.17) is 11.6 Å². The van der Waals surface area contributed by atoms with Crippen LogP contribution in [0.1, 0.15) is 29.8 Å². The summed E-state index contributed by atoms with van der Waals surface area (Å²) >= 11 is 6.17. The van der Waals surface area contributed by atoms with E-state index in [9.17, 15) is 9.59 Å². The van der Waals surface area contributed by atoms with Crippen molar-refractivity contribution in [2.75, 3.05) is 11.9 Å². The minimum absolute atomic E-state index is 0.159. The molecule has 0 atom stereocenters. The van der Waals surface area contributed by atoms with Gasteiger partial charge in [0.25, 0.3) is 5.91 Å². The number of amides is 2. The van der Waals surface area contributed by atoms with E-state index in [1.807, 2.05) is 37.3 Å². The summed E-state index contributed by atoms with van der Waals surface area (Å²) in [5.41, 5.74) is 1.99. The lowest BCUT2D eigenvalue weighted by Crippen LogP contribution is -2.30. The second-order valence-electron chi connectivity index (χ2n) is 5.18. The number of rotatable bonds is 5. The third-order valence-corrected chi connectivity index (χ3v) is 3.73. The van der Waals surface area contributed by atoms with E-state index in [0.29, 0.717) is 29.4 Å². The maximum absolute atomic E-state index is 12.8. The number of halogens is 1. The van der Waals surface area contributed by atoms with E-state index in [-0.39, 0.29) is 11.8 Å². The Morgan fingerprint density at radius 2 is 1.83 bits per heavy atom. The molecule has 120 valence electrons. The molecule has 0 aliphatic rings. The van der Waals surface area contributed by atoms with Crippen molar-refractivity contribution >= 4 is 29.1 Å². The van der Waals surface area contributed by atoms with Crippen LogP contribution in [0, 0.1) is 0 Å². The Labute approximate surface area is 141 Å². The van der Waals surface area contributed by atoms with Gasteiger partial charge in [0.1, 0.15) is 0 Å². The zero-order chi connectivity index (χ0) is 16.8. The predicted octanol–water partition coefficient (Wildman–Crippen LogP) is 3.96. The summed E-state index contributed by atoms with van der Waals surface area (Å²) in [4.78, 5) is 25.7. The van der Waals surface area contributed by atoms with Gasteiger partial charge in [-0.3, -0.25) is 9.59 Å². The number of nitrogens with one attached hydrogen (secondary N) is 1. The first-order chi connectivity index (χ1) is 11.0. The molecule has 0 radical (unpaired) electrons. The van der Waals surface area contributed by atoms with Gasteiger partial charge in [-0.05, 0) is 30.7 Å². The number of hydrogen-bond donors (Lipinski definition) is 1. The van der Waals surface area contributed by atoms with Gasteiger partial charge in [-0.15, -0.1) is 0 Å². The van der Waals surface area contributed by atoms with Crippen molar-refractivity contribution in [3.05, 3.63) is 64.7 Å². The van der Waals surface area contributed by atoms with Crippen molar-refractivity contribution in [3.63, 3.8) is 0 Å². The lowest BCUT2D eigenvalue weighted by Gasteiger charge is -2.22. The zero-order valence-electron chi connectivity index (χ0n) is 13.2. The third-order valence-electron chi connectivity index (χ3n) is 3.40. The first-order valence-corrected chi connectivity index (χ1v) is 7.79. The highest BCUT2D eigenvalue weighted by molar-refractivity contribution is 6.34. The van der Waals surface area contributed by atoms with Gasteiger partial charge in [-0.25, -0.2) is 0 Å². The third kappa shape index (κ3) is 4.57. The van der Waals surface area contributed by atoms with Crippen molar-refractivity contribution in [2.24, 2.45) is 0 Å². The molecule has 0 saturated carbocycles. The van der Waals surface area contributed by atoms with Gasteiger partial charge in [-0.1, -0.05) is 41.9 Å². The lowest BCUT2D eigenvalue weighted by atomic mass is 10.1. The van der Waals surface area contributed by atoms with Crippen LogP contribution in [0.4, 0.5) is 5.69 Å². The second-order valence-corrected chi connectivity index (χ2v) is 5.59. The van der Waals surface area contributed by atoms with Crippen molar-refractivity contribution in [1.82, 2.24) is 4.90 Å². The fraction of sp³-hybridized carbons (Fsp3) is 0.222. The summed E-state index contributed by atoms with van der Waals surface area (Å²) in [7, 11) is 0. The summed E-state index contributed by atoms with van der Waals surface area (Å²) < 4.78 is 0. The summed E-state index contributed by atoms with van der Waals surface area (Å²) in [5.74, 6) is -0.351. The average molecular weight is 331 g/mol. The van der Waals surface area contributed by atoms with Crippen molar-refractivity contribution in [3.8, 4) is 0 Å². The van der Waals surface area contributed by atoms with E-state index in [1.165, 1.54) is 6.92 Å². The fourth-order valence-electron chi connectivity index (χ4n) is 2.27. The molecule has 4 nitrogen and oxygen atoms in total. The molecule has 1 N–H and O–H groups in total. The van der Waals surface area contributed by atoms with E-state index < -0.39 is 0 Å². The molecule has 0 aromatic heterocycles. The van der Waals surface area contributed by atoms with E-state index in [0.717, 1.165) is 5.56 Å². The highest BCUT2D eigenvalue weighted by Crippen LogP contribution is 2.23. The van der Waals surface area contributed by atoms with Crippen molar-refractivity contribution < 1.29 is 9.59 Å². The number of carbonyl (C=O) groups excluding carboxylic acids is 2. The summed E-state index contributed by atoms with van der Waals surface area (Å²) in [6.45, 7) is 4.42. The van der Waals surface area contributed by atoms with Crippen LogP contribution in [-0.2, 0) is 11.3 Å². The summed E-state index contributed by atoms with van der Waals surface area (Å²) in [6, 6.07) is 14.7. The van der Waals surface area contributed by atoms with Gasteiger partial charge in [0, 0.05) is 25.7 Å². The molecule has 23 heavy (non-hydrogen) atoms.